The van der Waals surface area contributed by atoms with E-state index in [2.05, 4.69) is 20.9 Å². The summed E-state index contributed by atoms with van der Waals surface area (Å²) in [6.45, 7) is 0. The molecule has 0 unspecified atom stereocenters. The fourth-order valence-electron chi connectivity index (χ4n) is 2.23. The van der Waals surface area contributed by atoms with Crippen molar-refractivity contribution in [2.24, 2.45) is 5.92 Å². The first-order valence-corrected chi connectivity index (χ1v) is 7.05. The standard InChI is InChI=1S/C14H16BrF2NO/c1-19-13-11(8-12(15)9-18-13)3-2-10-4-6-14(16,17)7-5-10/h2-3,8-10H,4-7H2,1H3/b3-2+. The van der Waals surface area contributed by atoms with Crippen LogP contribution in [0.1, 0.15) is 31.2 Å². The Morgan fingerprint density at radius 1 is 1.42 bits per heavy atom. The van der Waals surface area contributed by atoms with Crippen molar-refractivity contribution in [1.29, 1.82) is 0 Å². The van der Waals surface area contributed by atoms with Crippen molar-refractivity contribution < 1.29 is 13.5 Å². The third-order valence-corrected chi connectivity index (χ3v) is 3.78. The Hall–Kier alpha value is -0.970. The predicted molar refractivity (Wildman–Crippen MR) is 74.4 cm³/mol. The molecule has 1 aromatic heterocycles. The van der Waals surface area contributed by atoms with Crippen LogP contribution in [0.15, 0.2) is 22.8 Å². The highest BCUT2D eigenvalue weighted by atomic mass is 79.9. The molecule has 0 atom stereocenters. The van der Waals surface area contributed by atoms with Crippen LogP contribution in [0.3, 0.4) is 0 Å². The first kappa shape index (κ1) is 14.4. The number of pyridine rings is 1. The molecule has 0 amide bonds. The lowest BCUT2D eigenvalue weighted by Crippen LogP contribution is -2.23. The number of alkyl halides is 2. The molecule has 0 spiro atoms. The summed E-state index contributed by atoms with van der Waals surface area (Å²) in [6.07, 6.45) is 6.59. The van der Waals surface area contributed by atoms with Crippen molar-refractivity contribution >= 4 is 22.0 Å². The molecule has 104 valence electrons. The molecule has 0 radical (unpaired) electrons. The number of nitrogens with zero attached hydrogens (tertiary/aromatic N) is 1. The van der Waals surface area contributed by atoms with Crippen LogP contribution >= 0.6 is 15.9 Å². The maximum Gasteiger partial charge on any atom is 0.248 e. The Morgan fingerprint density at radius 2 is 2.11 bits per heavy atom. The van der Waals surface area contributed by atoms with Gasteiger partial charge in [-0.1, -0.05) is 12.2 Å². The zero-order valence-electron chi connectivity index (χ0n) is 10.7. The molecule has 2 nitrogen and oxygen atoms in total. The van der Waals surface area contributed by atoms with E-state index < -0.39 is 5.92 Å². The molecule has 1 fully saturated rings. The summed E-state index contributed by atoms with van der Waals surface area (Å²) in [5.41, 5.74) is 0.856. The van der Waals surface area contributed by atoms with Gasteiger partial charge in [0.2, 0.25) is 11.8 Å². The summed E-state index contributed by atoms with van der Waals surface area (Å²) in [4.78, 5) is 4.14. The lowest BCUT2D eigenvalue weighted by Gasteiger charge is -2.26. The SMILES string of the molecule is COc1ncc(Br)cc1/C=C/C1CCC(F)(F)CC1. The molecule has 0 aliphatic heterocycles. The van der Waals surface area contributed by atoms with E-state index in [0.717, 1.165) is 10.0 Å². The van der Waals surface area contributed by atoms with Gasteiger partial charge in [-0.25, -0.2) is 13.8 Å². The maximum absolute atomic E-state index is 13.1. The van der Waals surface area contributed by atoms with Crippen LogP contribution in [0.2, 0.25) is 0 Å². The van der Waals surface area contributed by atoms with Gasteiger partial charge in [0.25, 0.3) is 0 Å². The Labute approximate surface area is 120 Å². The number of rotatable bonds is 3. The minimum absolute atomic E-state index is 0.0180. The van der Waals surface area contributed by atoms with Crippen molar-refractivity contribution in [3.05, 3.63) is 28.4 Å². The molecule has 0 N–H and O–H groups in total. The first-order valence-electron chi connectivity index (χ1n) is 6.26. The molecule has 0 bridgehead atoms. The second-order valence-corrected chi connectivity index (χ2v) is 5.72. The summed E-state index contributed by atoms with van der Waals surface area (Å²) in [5, 5.41) is 0. The quantitative estimate of drug-likeness (QED) is 0.801. The molecule has 1 heterocycles. The lowest BCUT2D eigenvalue weighted by molar-refractivity contribution is -0.0410. The van der Waals surface area contributed by atoms with E-state index in [-0.39, 0.29) is 18.8 Å². The molecule has 1 aliphatic carbocycles. The fraction of sp³-hybridized carbons (Fsp3) is 0.500. The Bertz CT molecular complexity index is 467. The highest BCUT2D eigenvalue weighted by Gasteiger charge is 2.33. The molecule has 1 saturated carbocycles. The van der Waals surface area contributed by atoms with Gasteiger partial charge in [0.15, 0.2) is 0 Å². The normalized spacial score (nSPS) is 19.8. The monoisotopic (exact) mass is 331 g/mol. The molecule has 19 heavy (non-hydrogen) atoms. The van der Waals surface area contributed by atoms with Crippen LogP contribution in [0.25, 0.3) is 6.08 Å². The van der Waals surface area contributed by atoms with Crippen molar-refractivity contribution in [3.8, 4) is 5.88 Å². The zero-order chi connectivity index (χ0) is 13.9. The van der Waals surface area contributed by atoms with Gasteiger partial charge in [-0.2, -0.15) is 0 Å². The molecule has 0 aromatic carbocycles. The second-order valence-electron chi connectivity index (χ2n) is 4.80. The minimum atomic E-state index is -2.47. The highest BCUT2D eigenvalue weighted by Crippen LogP contribution is 2.37. The first-order chi connectivity index (χ1) is 9.00. The summed E-state index contributed by atoms with van der Waals surface area (Å²) in [7, 11) is 1.56. The lowest BCUT2D eigenvalue weighted by atomic mass is 9.86. The van der Waals surface area contributed by atoms with Crippen molar-refractivity contribution in [2.45, 2.75) is 31.6 Å². The van der Waals surface area contributed by atoms with Gasteiger partial charge in [-0.15, -0.1) is 0 Å². The maximum atomic E-state index is 13.1. The number of methoxy groups -OCH3 is 1. The van der Waals surface area contributed by atoms with Gasteiger partial charge < -0.3 is 4.74 Å². The van der Waals surface area contributed by atoms with Gasteiger partial charge in [-0.3, -0.25) is 0 Å². The van der Waals surface area contributed by atoms with Crippen molar-refractivity contribution in [1.82, 2.24) is 4.98 Å². The number of hydrogen-bond acceptors (Lipinski definition) is 2. The van der Waals surface area contributed by atoms with E-state index in [1.54, 1.807) is 13.3 Å². The average Bonchev–Trinajstić information content (AvgIpc) is 2.38. The summed E-state index contributed by atoms with van der Waals surface area (Å²) in [5.74, 6) is -1.72. The van der Waals surface area contributed by atoms with Crippen LogP contribution < -0.4 is 4.74 Å². The third-order valence-electron chi connectivity index (χ3n) is 3.35. The molecule has 0 saturated heterocycles. The predicted octanol–water partition coefficient (Wildman–Crippen LogP) is 4.69. The molecule has 2 rings (SSSR count). The fourth-order valence-corrected chi connectivity index (χ4v) is 2.58. The van der Waals surface area contributed by atoms with Crippen LogP contribution in [0, 0.1) is 5.92 Å². The van der Waals surface area contributed by atoms with E-state index in [1.807, 2.05) is 18.2 Å². The number of halogens is 3. The smallest absolute Gasteiger partial charge is 0.248 e. The zero-order valence-corrected chi connectivity index (χ0v) is 12.3. The van der Waals surface area contributed by atoms with Crippen LogP contribution in [-0.4, -0.2) is 18.0 Å². The van der Waals surface area contributed by atoms with Crippen LogP contribution in [0.4, 0.5) is 8.78 Å². The number of hydrogen-bond donors (Lipinski definition) is 0. The Kier molecular flexibility index (Phi) is 4.55. The van der Waals surface area contributed by atoms with Gasteiger partial charge in [-0.05, 0) is 40.8 Å². The van der Waals surface area contributed by atoms with E-state index in [4.69, 9.17) is 4.74 Å². The number of ether oxygens (including phenoxy) is 1. The third kappa shape index (κ3) is 4.00. The topological polar surface area (TPSA) is 22.1 Å². The molecule has 1 aliphatic rings. The van der Waals surface area contributed by atoms with Crippen LogP contribution in [-0.2, 0) is 0 Å². The molecular formula is C14H16BrF2NO. The van der Waals surface area contributed by atoms with E-state index in [0.29, 0.717) is 18.7 Å². The molecular weight excluding hydrogens is 316 g/mol. The second kappa shape index (κ2) is 5.99. The van der Waals surface area contributed by atoms with E-state index in [9.17, 15) is 8.78 Å². The van der Waals surface area contributed by atoms with Crippen molar-refractivity contribution in [3.63, 3.8) is 0 Å². The Balaban J connectivity index is 2.05. The van der Waals surface area contributed by atoms with Gasteiger partial charge in [0.05, 0.1) is 7.11 Å². The summed E-state index contributed by atoms with van der Waals surface area (Å²) in [6, 6.07) is 1.90. The van der Waals surface area contributed by atoms with Gasteiger partial charge >= 0.3 is 0 Å². The average molecular weight is 332 g/mol. The molecule has 5 heteroatoms. The van der Waals surface area contributed by atoms with Gasteiger partial charge in [0.1, 0.15) is 0 Å². The van der Waals surface area contributed by atoms with Crippen molar-refractivity contribution in [2.75, 3.05) is 7.11 Å². The summed E-state index contributed by atoms with van der Waals surface area (Å²) < 4.78 is 32.1. The number of aromatic nitrogens is 1. The minimum Gasteiger partial charge on any atom is -0.481 e. The summed E-state index contributed by atoms with van der Waals surface area (Å²) >= 11 is 3.36. The van der Waals surface area contributed by atoms with E-state index >= 15 is 0 Å². The Morgan fingerprint density at radius 3 is 2.74 bits per heavy atom. The van der Waals surface area contributed by atoms with Gasteiger partial charge in [0, 0.05) is 29.1 Å². The largest absolute Gasteiger partial charge is 0.481 e. The number of allylic oxidation sites excluding steroid dienone is 1. The van der Waals surface area contributed by atoms with E-state index in [1.165, 1.54) is 0 Å². The highest BCUT2D eigenvalue weighted by molar-refractivity contribution is 9.10. The molecule has 1 aromatic rings. The van der Waals surface area contributed by atoms with Crippen LogP contribution in [0.5, 0.6) is 5.88 Å².